The predicted molar refractivity (Wildman–Crippen MR) is 108 cm³/mol. The van der Waals surface area contributed by atoms with Crippen LogP contribution >= 0.6 is 0 Å². The summed E-state index contributed by atoms with van der Waals surface area (Å²) in [6, 6.07) is 11.2. The van der Waals surface area contributed by atoms with Gasteiger partial charge in [-0.3, -0.25) is 0 Å². The molecule has 2 aromatic carbocycles. The van der Waals surface area contributed by atoms with Crippen LogP contribution in [-0.2, 0) is 4.74 Å². The Hall–Kier alpha value is -3.26. The van der Waals surface area contributed by atoms with Gasteiger partial charge in [0.2, 0.25) is 6.79 Å². The monoisotopic (exact) mass is 415 g/mol. The van der Waals surface area contributed by atoms with Crippen LogP contribution in [0.3, 0.4) is 0 Å². The van der Waals surface area contributed by atoms with E-state index in [-0.39, 0.29) is 13.3 Å². The zero-order chi connectivity index (χ0) is 21.9. The van der Waals surface area contributed by atoms with E-state index in [1.54, 1.807) is 70.3 Å². The normalized spacial score (nSPS) is 13.5. The zero-order valence-electron chi connectivity index (χ0n) is 17.4. The number of carbonyl (C=O) groups excluding carboxylic acids is 2. The molecule has 1 amide bonds. The summed E-state index contributed by atoms with van der Waals surface area (Å²) < 4.78 is 21.1. The lowest BCUT2D eigenvalue weighted by atomic mass is 10.1. The minimum atomic E-state index is -0.916. The van der Waals surface area contributed by atoms with Crippen molar-refractivity contribution >= 4 is 12.1 Å². The van der Waals surface area contributed by atoms with Gasteiger partial charge < -0.3 is 29.0 Å². The third-order valence-electron chi connectivity index (χ3n) is 4.24. The summed E-state index contributed by atoms with van der Waals surface area (Å²) in [5, 5.41) is 10.4. The summed E-state index contributed by atoms with van der Waals surface area (Å²) >= 11 is 0. The van der Waals surface area contributed by atoms with Crippen molar-refractivity contribution in [1.82, 2.24) is 4.90 Å². The third-order valence-corrected chi connectivity index (χ3v) is 4.24. The molecule has 0 saturated heterocycles. The second-order valence-corrected chi connectivity index (χ2v) is 7.90. The highest BCUT2D eigenvalue weighted by molar-refractivity contribution is 5.91. The molecular formula is C22H25NO7. The molecule has 0 spiro atoms. The van der Waals surface area contributed by atoms with E-state index in [1.165, 1.54) is 4.90 Å². The fourth-order valence-electron chi connectivity index (χ4n) is 2.73. The molecule has 1 heterocycles. The van der Waals surface area contributed by atoms with Gasteiger partial charge in [0, 0.05) is 7.05 Å². The Kier molecular flexibility index (Phi) is 6.17. The molecule has 0 bridgehead atoms. The van der Waals surface area contributed by atoms with E-state index >= 15 is 0 Å². The molecule has 160 valence electrons. The first-order chi connectivity index (χ1) is 14.1. The molecule has 1 N–H and O–H groups in total. The largest absolute Gasteiger partial charge is 0.454 e. The zero-order valence-corrected chi connectivity index (χ0v) is 17.4. The predicted octanol–water partition coefficient (Wildman–Crippen LogP) is 3.53. The summed E-state index contributed by atoms with van der Waals surface area (Å²) in [6.07, 6.45) is -1.43. The van der Waals surface area contributed by atoms with Crippen molar-refractivity contribution in [2.24, 2.45) is 0 Å². The molecular weight excluding hydrogens is 390 g/mol. The summed E-state index contributed by atoms with van der Waals surface area (Å²) in [5.74, 6) is 0.874. The standard InChI is InChI=1S/C22H25NO7/c1-22(2,3)30-21(26)23(4)12-17(24)14-5-8-16(9-6-14)29-20(25)15-7-10-18-19(11-15)28-13-27-18/h5-11,17,24H,12-13H2,1-4H3. The number of esters is 1. The van der Waals surface area contributed by atoms with Gasteiger partial charge in [-0.05, 0) is 56.7 Å². The second kappa shape index (κ2) is 8.62. The molecule has 1 unspecified atom stereocenters. The average Bonchev–Trinajstić information content (AvgIpc) is 3.14. The molecule has 2 aromatic rings. The van der Waals surface area contributed by atoms with E-state index in [0.717, 1.165) is 0 Å². The van der Waals surface area contributed by atoms with Crippen molar-refractivity contribution in [3.63, 3.8) is 0 Å². The number of hydrogen-bond donors (Lipinski definition) is 1. The van der Waals surface area contributed by atoms with Crippen LogP contribution in [0, 0.1) is 0 Å². The Balaban J connectivity index is 1.57. The number of ether oxygens (including phenoxy) is 4. The lowest BCUT2D eigenvalue weighted by Crippen LogP contribution is -2.36. The smallest absolute Gasteiger partial charge is 0.410 e. The molecule has 0 radical (unpaired) electrons. The van der Waals surface area contributed by atoms with Crippen molar-refractivity contribution in [3.8, 4) is 17.2 Å². The van der Waals surface area contributed by atoms with Crippen LogP contribution in [-0.4, -0.2) is 48.1 Å². The summed E-state index contributed by atoms with van der Waals surface area (Å²) in [7, 11) is 1.55. The Morgan fingerprint density at radius 3 is 2.43 bits per heavy atom. The highest BCUT2D eigenvalue weighted by atomic mass is 16.7. The van der Waals surface area contributed by atoms with Gasteiger partial charge in [0.05, 0.1) is 18.2 Å². The van der Waals surface area contributed by atoms with Gasteiger partial charge in [0.15, 0.2) is 11.5 Å². The maximum atomic E-state index is 12.3. The minimum Gasteiger partial charge on any atom is -0.454 e. The van der Waals surface area contributed by atoms with Crippen LogP contribution in [0.15, 0.2) is 42.5 Å². The molecule has 0 aromatic heterocycles. The molecule has 0 aliphatic carbocycles. The lowest BCUT2D eigenvalue weighted by molar-refractivity contribution is 0.0205. The molecule has 8 nitrogen and oxygen atoms in total. The number of hydrogen-bond acceptors (Lipinski definition) is 7. The Morgan fingerprint density at radius 2 is 1.77 bits per heavy atom. The van der Waals surface area contributed by atoms with Gasteiger partial charge in [-0.2, -0.15) is 0 Å². The number of likely N-dealkylation sites (N-methyl/N-ethyl adjacent to an activating group) is 1. The number of fused-ring (bicyclic) bond motifs is 1. The van der Waals surface area contributed by atoms with Crippen LogP contribution in [0.25, 0.3) is 0 Å². The molecule has 1 aliphatic heterocycles. The number of nitrogens with zero attached hydrogens (tertiary/aromatic N) is 1. The number of rotatable bonds is 5. The summed E-state index contributed by atoms with van der Waals surface area (Å²) in [6.45, 7) is 5.52. The highest BCUT2D eigenvalue weighted by Gasteiger charge is 2.22. The van der Waals surface area contributed by atoms with Crippen LogP contribution in [0.2, 0.25) is 0 Å². The van der Waals surface area contributed by atoms with Crippen molar-refractivity contribution < 1.29 is 33.6 Å². The highest BCUT2D eigenvalue weighted by Crippen LogP contribution is 2.32. The number of amides is 1. The lowest BCUT2D eigenvalue weighted by Gasteiger charge is -2.26. The molecule has 30 heavy (non-hydrogen) atoms. The Labute approximate surface area is 174 Å². The SMILES string of the molecule is CN(CC(O)c1ccc(OC(=O)c2ccc3c(c2)OCO3)cc1)C(=O)OC(C)(C)C. The van der Waals surface area contributed by atoms with Crippen LogP contribution in [0.1, 0.15) is 42.8 Å². The Bertz CT molecular complexity index is 918. The fourth-order valence-corrected chi connectivity index (χ4v) is 2.73. The number of aliphatic hydroxyl groups excluding tert-OH is 1. The van der Waals surface area contributed by atoms with Crippen molar-refractivity contribution in [3.05, 3.63) is 53.6 Å². The third kappa shape index (κ3) is 5.42. The molecule has 8 heteroatoms. The molecule has 1 atom stereocenters. The van der Waals surface area contributed by atoms with E-state index in [2.05, 4.69) is 0 Å². The molecule has 0 saturated carbocycles. The molecule has 3 rings (SSSR count). The van der Waals surface area contributed by atoms with E-state index in [1.807, 2.05) is 0 Å². The number of aliphatic hydroxyl groups is 1. The average molecular weight is 415 g/mol. The number of carbonyl (C=O) groups is 2. The second-order valence-electron chi connectivity index (χ2n) is 7.90. The minimum absolute atomic E-state index is 0.0608. The van der Waals surface area contributed by atoms with Gasteiger partial charge in [-0.15, -0.1) is 0 Å². The first-order valence-corrected chi connectivity index (χ1v) is 9.46. The van der Waals surface area contributed by atoms with Gasteiger partial charge in [0.25, 0.3) is 0 Å². The molecule has 1 aliphatic rings. The van der Waals surface area contributed by atoms with Gasteiger partial charge >= 0.3 is 12.1 Å². The van der Waals surface area contributed by atoms with Crippen LogP contribution < -0.4 is 14.2 Å². The Morgan fingerprint density at radius 1 is 1.10 bits per heavy atom. The van der Waals surface area contributed by atoms with Gasteiger partial charge in [-0.25, -0.2) is 9.59 Å². The first-order valence-electron chi connectivity index (χ1n) is 9.46. The van der Waals surface area contributed by atoms with Crippen molar-refractivity contribution in [2.75, 3.05) is 20.4 Å². The topological polar surface area (TPSA) is 94.5 Å². The van der Waals surface area contributed by atoms with E-state index in [9.17, 15) is 14.7 Å². The van der Waals surface area contributed by atoms with Crippen LogP contribution in [0.4, 0.5) is 4.79 Å². The van der Waals surface area contributed by atoms with Crippen molar-refractivity contribution in [1.29, 1.82) is 0 Å². The maximum absolute atomic E-state index is 12.3. The van der Waals surface area contributed by atoms with E-state index in [4.69, 9.17) is 18.9 Å². The summed E-state index contributed by atoms with van der Waals surface area (Å²) in [5.41, 5.74) is 0.301. The van der Waals surface area contributed by atoms with E-state index < -0.39 is 23.8 Å². The maximum Gasteiger partial charge on any atom is 0.410 e. The van der Waals surface area contributed by atoms with Gasteiger partial charge in [-0.1, -0.05) is 12.1 Å². The molecule has 0 fully saturated rings. The van der Waals surface area contributed by atoms with Crippen molar-refractivity contribution in [2.45, 2.75) is 32.5 Å². The van der Waals surface area contributed by atoms with E-state index in [0.29, 0.717) is 28.4 Å². The van der Waals surface area contributed by atoms with Gasteiger partial charge in [0.1, 0.15) is 11.4 Å². The first kappa shape index (κ1) is 21.4. The van der Waals surface area contributed by atoms with Crippen LogP contribution in [0.5, 0.6) is 17.2 Å². The fraction of sp³-hybridized carbons (Fsp3) is 0.364. The number of benzene rings is 2. The summed E-state index contributed by atoms with van der Waals surface area (Å²) in [4.78, 5) is 25.7. The quantitative estimate of drug-likeness (QED) is 0.590.